The monoisotopic (exact) mass is 278 g/mol. The minimum Gasteiger partial charge on any atom is -0.337 e. The molecule has 0 aromatic heterocycles. The maximum absolute atomic E-state index is 12.8. The number of halogens is 5. The molecule has 0 radical (unpaired) electrons. The summed E-state index contributed by atoms with van der Waals surface area (Å²) in [4.78, 5) is 11.9. The van der Waals surface area contributed by atoms with E-state index in [9.17, 15) is 22.4 Å². The smallest absolute Gasteiger partial charge is 0.337 e. The van der Waals surface area contributed by atoms with Crippen LogP contribution in [0.25, 0.3) is 0 Å². The molecular weight excluding hydrogens is 264 g/mol. The summed E-state index contributed by atoms with van der Waals surface area (Å²) in [7, 11) is 0. The number of carbonyl (C=O) groups excluding carboxylic acids is 1. The van der Waals surface area contributed by atoms with Gasteiger partial charge < -0.3 is 10.6 Å². The van der Waals surface area contributed by atoms with Crippen LogP contribution in [-0.4, -0.2) is 42.8 Å². The summed E-state index contributed by atoms with van der Waals surface area (Å²) < 4.78 is 49.5. The second-order valence-electron chi connectivity index (χ2n) is 4.42. The van der Waals surface area contributed by atoms with Crippen molar-refractivity contribution in [1.29, 1.82) is 0 Å². The van der Waals surface area contributed by atoms with Gasteiger partial charge in [0.1, 0.15) is 0 Å². The minimum atomic E-state index is -4.60. The number of rotatable bonds is 3. The molecule has 1 atom stereocenters. The van der Waals surface area contributed by atoms with Crippen LogP contribution in [0.4, 0.5) is 17.6 Å². The Hall–Kier alpha value is -0.560. The van der Waals surface area contributed by atoms with Gasteiger partial charge in [-0.3, -0.25) is 4.79 Å². The largest absolute Gasteiger partial charge is 0.383 e. The van der Waals surface area contributed by atoms with E-state index in [1.165, 1.54) is 0 Å². The first-order chi connectivity index (χ1) is 7.23. The van der Waals surface area contributed by atoms with E-state index in [2.05, 4.69) is 0 Å². The summed E-state index contributed by atoms with van der Waals surface area (Å²) in [6.45, 7) is 2.03. The number of nitrogens with two attached hydrogens (primary N) is 1. The van der Waals surface area contributed by atoms with E-state index in [4.69, 9.17) is 5.73 Å². The lowest BCUT2D eigenvalue weighted by Crippen LogP contribution is -2.47. The number of likely N-dealkylation sites (tertiary alicyclic amines) is 1. The Balaban J connectivity index is 0.00000256. The molecule has 0 saturated carbocycles. The summed E-state index contributed by atoms with van der Waals surface area (Å²) in [5.41, 5.74) is 4.98. The summed E-state index contributed by atoms with van der Waals surface area (Å²) in [6, 6.07) is 0. The first kappa shape index (κ1) is 16.4. The molecule has 0 aromatic rings. The molecule has 1 aliphatic rings. The van der Waals surface area contributed by atoms with E-state index in [0.29, 0.717) is 6.42 Å². The van der Waals surface area contributed by atoms with Crippen LogP contribution in [0.1, 0.15) is 13.3 Å². The van der Waals surface area contributed by atoms with Crippen molar-refractivity contribution in [3.8, 4) is 0 Å². The van der Waals surface area contributed by atoms with Gasteiger partial charge in [-0.2, -0.15) is 8.78 Å². The van der Waals surface area contributed by atoms with Crippen molar-refractivity contribution >= 4 is 18.3 Å². The second kappa shape index (κ2) is 5.39. The number of hydrogen-bond acceptors (Lipinski definition) is 2. The van der Waals surface area contributed by atoms with Crippen LogP contribution in [0.15, 0.2) is 0 Å². The SMILES string of the molecule is CC1(CN)CCN(C(=O)C(F)(F)C(F)F)C1.Cl. The predicted octanol–water partition coefficient (Wildman–Crippen LogP) is 1.51. The van der Waals surface area contributed by atoms with Gasteiger partial charge in [-0.15, -0.1) is 12.4 Å². The van der Waals surface area contributed by atoms with E-state index in [1.54, 1.807) is 6.92 Å². The van der Waals surface area contributed by atoms with Crippen molar-refractivity contribution in [2.45, 2.75) is 25.7 Å². The Kier molecular flexibility index (Phi) is 5.21. The third-order valence-electron chi connectivity index (χ3n) is 2.90. The Morgan fingerprint density at radius 2 is 2.06 bits per heavy atom. The van der Waals surface area contributed by atoms with Gasteiger partial charge in [0, 0.05) is 13.1 Å². The van der Waals surface area contributed by atoms with Crippen LogP contribution >= 0.6 is 12.4 Å². The fourth-order valence-corrected chi connectivity index (χ4v) is 1.67. The van der Waals surface area contributed by atoms with Gasteiger partial charge in [0.2, 0.25) is 0 Å². The van der Waals surface area contributed by atoms with Gasteiger partial charge in [-0.1, -0.05) is 6.92 Å². The van der Waals surface area contributed by atoms with Crippen LogP contribution < -0.4 is 5.73 Å². The molecule has 17 heavy (non-hydrogen) atoms. The van der Waals surface area contributed by atoms with E-state index < -0.39 is 23.7 Å². The fraction of sp³-hybridized carbons (Fsp3) is 0.889. The van der Waals surface area contributed by atoms with E-state index >= 15 is 0 Å². The van der Waals surface area contributed by atoms with Crippen LogP contribution in [0, 0.1) is 5.41 Å². The highest BCUT2D eigenvalue weighted by atomic mass is 35.5. The van der Waals surface area contributed by atoms with Crippen LogP contribution in [-0.2, 0) is 4.79 Å². The van der Waals surface area contributed by atoms with Gasteiger partial charge in [-0.05, 0) is 18.4 Å². The number of carbonyl (C=O) groups is 1. The Labute approximate surface area is 103 Å². The minimum absolute atomic E-state index is 0. The highest BCUT2D eigenvalue weighted by molar-refractivity contribution is 5.85. The van der Waals surface area contributed by atoms with E-state index in [-0.39, 0.29) is 32.0 Å². The number of nitrogens with zero attached hydrogens (tertiary/aromatic N) is 1. The average Bonchev–Trinajstić information content (AvgIpc) is 2.60. The lowest BCUT2D eigenvalue weighted by molar-refractivity contribution is -0.179. The van der Waals surface area contributed by atoms with Gasteiger partial charge >= 0.3 is 12.3 Å². The second-order valence-corrected chi connectivity index (χ2v) is 4.42. The van der Waals surface area contributed by atoms with Crippen molar-refractivity contribution in [1.82, 2.24) is 4.90 Å². The van der Waals surface area contributed by atoms with Gasteiger partial charge in [-0.25, -0.2) is 8.78 Å². The molecule has 1 rings (SSSR count). The molecule has 1 heterocycles. The summed E-state index contributed by atoms with van der Waals surface area (Å²) in [5.74, 6) is -6.40. The predicted molar refractivity (Wildman–Crippen MR) is 56.6 cm³/mol. The lowest BCUT2D eigenvalue weighted by atomic mass is 9.90. The number of amides is 1. The molecule has 102 valence electrons. The van der Waals surface area contributed by atoms with Crippen molar-refractivity contribution < 1.29 is 22.4 Å². The highest BCUT2D eigenvalue weighted by Gasteiger charge is 2.53. The van der Waals surface area contributed by atoms with Gasteiger partial charge in [0.15, 0.2) is 0 Å². The normalized spacial score (nSPS) is 25.0. The Morgan fingerprint density at radius 3 is 2.41 bits per heavy atom. The van der Waals surface area contributed by atoms with Crippen LogP contribution in [0.3, 0.4) is 0 Å². The number of hydrogen-bond donors (Lipinski definition) is 1. The van der Waals surface area contributed by atoms with Crippen molar-refractivity contribution in [2.75, 3.05) is 19.6 Å². The lowest BCUT2D eigenvalue weighted by Gasteiger charge is -2.25. The van der Waals surface area contributed by atoms with Gasteiger partial charge in [0.25, 0.3) is 5.91 Å². The molecule has 1 amide bonds. The standard InChI is InChI=1S/C9H14F4N2O.ClH/c1-8(4-14)2-3-15(5-8)7(16)9(12,13)6(10)11;/h6H,2-5,14H2,1H3;1H. The van der Waals surface area contributed by atoms with Gasteiger partial charge in [0.05, 0.1) is 0 Å². The summed E-state index contributed by atoms with van der Waals surface area (Å²) >= 11 is 0. The molecule has 2 N–H and O–H groups in total. The summed E-state index contributed by atoms with van der Waals surface area (Å²) in [6.07, 6.45) is -3.51. The zero-order valence-corrected chi connectivity index (χ0v) is 10.1. The first-order valence-corrected chi connectivity index (χ1v) is 4.88. The zero-order chi connectivity index (χ0) is 12.6. The maximum atomic E-state index is 12.8. The maximum Gasteiger partial charge on any atom is 0.383 e. The van der Waals surface area contributed by atoms with E-state index in [1.807, 2.05) is 0 Å². The Bertz CT molecular complexity index is 290. The topological polar surface area (TPSA) is 46.3 Å². The molecule has 1 fully saturated rings. The molecule has 1 aliphatic heterocycles. The third-order valence-corrected chi connectivity index (χ3v) is 2.90. The van der Waals surface area contributed by atoms with Crippen LogP contribution in [0.5, 0.6) is 0 Å². The average molecular weight is 279 g/mol. The third kappa shape index (κ3) is 3.22. The molecule has 0 aliphatic carbocycles. The zero-order valence-electron chi connectivity index (χ0n) is 9.26. The highest BCUT2D eigenvalue weighted by Crippen LogP contribution is 2.33. The summed E-state index contributed by atoms with van der Waals surface area (Å²) in [5, 5.41) is 0. The number of alkyl halides is 4. The molecule has 0 aromatic carbocycles. The van der Waals surface area contributed by atoms with Crippen LogP contribution in [0.2, 0.25) is 0 Å². The fourth-order valence-electron chi connectivity index (χ4n) is 1.67. The van der Waals surface area contributed by atoms with Crippen molar-refractivity contribution in [3.63, 3.8) is 0 Å². The molecule has 0 bridgehead atoms. The molecule has 1 unspecified atom stereocenters. The molecule has 0 spiro atoms. The van der Waals surface area contributed by atoms with E-state index in [0.717, 1.165) is 4.90 Å². The quantitative estimate of drug-likeness (QED) is 0.796. The molecule has 3 nitrogen and oxygen atoms in total. The molecule has 1 saturated heterocycles. The first-order valence-electron chi connectivity index (χ1n) is 4.88. The van der Waals surface area contributed by atoms with Crippen molar-refractivity contribution in [3.05, 3.63) is 0 Å². The Morgan fingerprint density at radius 1 is 1.53 bits per heavy atom. The van der Waals surface area contributed by atoms with Crippen molar-refractivity contribution in [2.24, 2.45) is 11.1 Å². The molecular formula is C9H15ClF4N2O. The molecule has 8 heteroatoms.